The topological polar surface area (TPSA) is 71.3 Å². The molecule has 0 radical (unpaired) electrons. The highest BCUT2D eigenvalue weighted by Gasteiger charge is 2.09. The molecule has 0 aromatic heterocycles. The van der Waals surface area contributed by atoms with Crippen molar-refractivity contribution in [2.75, 3.05) is 20.3 Å². The number of benzene rings is 1. The van der Waals surface area contributed by atoms with Crippen molar-refractivity contribution in [3.8, 4) is 11.8 Å². The van der Waals surface area contributed by atoms with Crippen LogP contribution < -0.4 is 10.1 Å². The Morgan fingerprint density at radius 2 is 2.21 bits per heavy atom. The lowest BCUT2D eigenvalue weighted by molar-refractivity contribution is -0.139. The first kappa shape index (κ1) is 14.6. The van der Waals surface area contributed by atoms with E-state index < -0.39 is 5.97 Å². The van der Waals surface area contributed by atoms with E-state index in [1.165, 1.54) is 13.2 Å². The third-order valence-electron chi connectivity index (χ3n) is 2.34. The fourth-order valence-electron chi connectivity index (χ4n) is 1.50. The van der Waals surface area contributed by atoms with Gasteiger partial charge in [-0.15, -0.1) is 0 Å². The number of nitrogens with one attached hydrogen (secondary N) is 1. The number of nitrogens with zero attached hydrogens (tertiary/aromatic N) is 1. The van der Waals surface area contributed by atoms with Gasteiger partial charge in [-0.25, -0.2) is 0 Å². The Kier molecular flexibility index (Phi) is 5.96. The zero-order valence-corrected chi connectivity index (χ0v) is 11.0. The normalized spacial score (nSPS) is 10.5. The largest absolute Gasteiger partial charge is 0.493 e. The molecule has 0 saturated carbocycles. The molecule has 1 aromatic rings. The van der Waals surface area contributed by atoms with Crippen LogP contribution in [0.1, 0.15) is 12.5 Å². The van der Waals surface area contributed by atoms with Crippen LogP contribution in [0.5, 0.6) is 5.75 Å². The van der Waals surface area contributed by atoms with Crippen LogP contribution in [0.25, 0.3) is 5.70 Å². The maximum absolute atomic E-state index is 11.1. The Hall–Kier alpha value is -2.48. The van der Waals surface area contributed by atoms with Crippen molar-refractivity contribution in [1.82, 2.24) is 5.32 Å². The molecule has 0 aliphatic heterocycles. The Labute approximate surface area is 112 Å². The quantitative estimate of drug-likeness (QED) is 0.622. The van der Waals surface area contributed by atoms with Crippen LogP contribution in [0.4, 0.5) is 0 Å². The molecular weight excluding hydrogens is 244 g/mol. The highest BCUT2D eigenvalue weighted by Crippen LogP contribution is 2.24. The summed E-state index contributed by atoms with van der Waals surface area (Å²) in [6.45, 7) is 2.39. The van der Waals surface area contributed by atoms with E-state index in [-0.39, 0.29) is 6.54 Å². The van der Waals surface area contributed by atoms with Gasteiger partial charge in [-0.05, 0) is 19.1 Å². The maximum atomic E-state index is 11.1. The summed E-state index contributed by atoms with van der Waals surface area (Å²) in [4.78, 5) is 11.1. The van der Waals surface area contributed by atoms with Gasteiger partial charge in [0.25, 0.3) is 0 Å². The molecule has 0 aliphatic carbocycles. The second-order valence-electron chi connectivity index (χ2n) is 3.55. The Morgan fingerprint density at radius 3 is 2.84 bits per heavy atom. The number of rotatable bonds is 6. The van der Waals surface area contributed by atoms with Crippen LogP contribution in [0, 0.1) is 11.3 Å². The molecule has 19 heavy (non-hydrogen) atoms. The molecule has 5 nitrogen and oxygen atoms in total. The van der Waals surface area contributed by atoms with E-state index in [2.05, 4.69) is 10.1 Å². The average Bonchev–Trinajstić information content (AvgIpc) is 2.44. The average molecular weight is 260 g/mol. The number of para-hydroxylation sites is 1. The lowest BCUT2D eigenvalue weighted by atomic mass is 10.1. The standard InChI is InChI=1S/C14H16N2O3/c1-3-19-13-7-5-4-6-11(13)12(8-9-15)16-10-14(17)18-2/h4-8,16H,3,10H2,1-2H3/b12-8-. The van der Waals surface area contributed by atoms with E-state index in [9.17, 15) is 4.79 Å². The van der Waals surface area contributed by atoms with Gasteiger partial charge in [0.1, 0.15) is 12.3 Å². The smallest absolute Gasteiger partial charge is 0.325 e. The van der Waals surface area contributed by atoms with Gasteiger partial charge >= 0.3 is 5.97 Å². The second kappa shape index (κ2) is 7.77. The summed E-state index contributed by atoms with van der Waals surface area (Å²) in [5.41, 5.74) is 1.26. The molecule has 100 valence electrons. The summed E-state index contributed by atoms with van der Waals surface area (Å²) in [5.74, 6) is 0.251. The van der Waals surface area contributed by atoms with Crippen molar-refractivity contribution in [1.29, 1.82) is 5.26 Å². The van der Waals surface area contributed by atoms with Gasteiger partial charge < -0.3 is 14.8 Å². The summed E-state index contributed by atoms with van der Waals surface area (Å²) < 4.78 is 10.0. The van der Waals surface area contributed by atoms with Crippen LogP contribution in [0.2, 0.25) is 0 Å². The summed E-state index contributed by atoms with van der Waals surface area (Å²) in [6, 6.07) is 9.25. The molecule has 1 aromatic carbocycles. The summed E-state index contributed by atoms with van der Waals surface area (Å²) in [6.07, 6.45) is 1.33. The fourth-order valence-corrected chi connectivity index (χ4v) is 1.50. The van der Waals surface area contributed by atoms with Crippen molar-refractivity contribution in [2.45, 2.75) is 6.92 Å². The van der Waals surface area contributed by atoms with E-state index in [1.54, 1.807) is 0 Å². The molecule has 0 fully saturated rings. The second-order valence-corrected chi connectivity index (χ2v) is 3.55. The van der Waals surface area contributed by atoms with E-state index in [0.717, 1.165) is 5.56 Å². The predicted molar refractivity (Wildman–Crippen MR) is 71.2 cm³/mol. The van der Waals surface area contributed by atoms with E-state index in [4.69, 9.17) is 10.00 Å². The molecule has 0 spiro atoms. The van der Waals surface area contributed by atoms with Gasteiger partial charge in [0, 0.05) is 11.6 Å². The lowest BCUT2D eigenvalue weighted by Gasteiger charge is -2.13. The number of methoxy groups -OCH3 is 1. The Morgan fingerprint density at radius 1 is 1.47 bits per heavy atom. The molecule has 0 amide bonds. The highest BCUT2D eigenvalue weighted by molar-refractivity contribution is 5.77. The van der Waals surface area contributed by atoms with Crippen molar-refractivity contribution in [2.24, 2.45) is 0 Å². The van der Waals surface area contributed by atoms with E-state index in [1.807, 2.05) is 37.3 Å². The van der Waals surface area contributed by atoms with Crippen LogP contribution in [-0.2, 0) is 9.53 Å². The summed E-state index contributed by atoms with van der Waals surface area (Å²) in [7, 11) is 1.31. The van der Waals surface area contributed by atoms with E-state index >= 15 is 0 Å². The van der Waals surface area contributed by atoms with Gasteiger partial charge in [0.15, 0.2) is 0 Å². The Bertz CT molecular complexity index is 504. The SMILES string of the molecule is CCOc1ccccc1/C(=C/C#N)NCC(=O)OC. The zero-order chi connectivity index (χ0) is 14.1. The van der Waals surface area contributed by atoms with Gasteiger partial charge in [0.2, 0.25) is 0 Å². The van der Waals surface area contributed by atoms with E-state index in [0.29, 0.717) is 18.1 Å². The number of hydrogen-bond acceptors (Lipinski definition) is 5. The fraction of sp³-hybridized carbons (Fsp3) is 0.286. The van der Waals surface area contributed by atoms with Crippen LogP contribution in [-0.4, -0.2) is 26.2 Å². The highest BCUT2D eigenvalue weighted by atomic mass is 16.5. The number of carbonyl (C=O) groups excluding carboxylic acids is 1. The van der Waals surface area contributed by atoms with Crippen molar-refractivity contribution < 1.29 is 14.3 Å². The van der Waals surface area contributed by atoms with Gasteiger partial charge in [-0.2, -0.15) is 5.26 Å². The molecular formula is C14H16N2O3. The number of hydrogen-bond donors (Lipinski definition) is 1. The number of nitriles is 1. The predicted octanol–water partition coefficient (Wildman–Crippen LogP) is 1.71. The first-order valence-electron chi connectivity index (χ1n) is 5.85. The number of carbonyl (C=O) groups is 1. The first-order chi connectivity index (χ1) is 9.22. The summed E-state index contributed by atoms with van der Waals surface area (Å²) in [5, 5.41) is 11.7. The minimum absolute atomic E-state index is 0.00945. The van der Waals surface area contributed by atoms with Crippen LogP contribution in [0.3, 0.4) is 0 Å². The number of allylic oxidation sites excluding steroid dienone is 1. The monoisotopic (exact) mass is 260 g/mol. The van der Waals surface area contributed by atoms with Crippen LogP contribution in [0.15, 0.2) is 30.3 Å². The zero-order valence-electron chi connectivity index (χ0n) is 11.0. The number of ether oxygens (including phenoxy) is 2. The number of esters is 1. The van der Waals surface area contributed by atoms with Crippen molar-refractivity contribution in [3.05, 3.63) is 35.9 Å². The molecule has 0 saturated heterocycles. The molecule has 0 unspecified atom stereocenters. The minimum atomic E-state index is -0.405. The van der Waals surface area contributed by atoms with Gasteiger partial charge in [-0.1, -0.05) is 12.1 Å². The third kappa shape index (κ3) is 4.36. The maximum Gasteiger partial charge on any atom is 0.325 e. The van der Waals surface area contributed by atoms with Crippen LogP contribution >= 0.6 is 0 Å². The molecule has 1 rings (SSSR count). The molecule has 0 aliphatic rings. The van der Waals surface area contributed by atoms with Gasteiger partial charge in [-0.3, -0.25) is 4.79 Å². The Balaban J connectivity index is 2.97. The summed E-state index contributed by atoms with van der Waals surface area (Å²) >= 11 is 0. The molecule has 5 heteroatoms. The molecule has 0 atom stereocenters. The molecule has 0 bridgehead atoms. The minimum Gasteiger partial charge on any atom is -0.493 e. The van der Waals surface area contributed by atoms with Crippen molar-refractivity contribution >= 4 is 11.7 Å². The van der Waals surface area contributed by atoms with Crippen molar-refractivity contribution in [3.63, 3.8) is 0 Å². The molecule has 1 N–H and O–H groups in total. The third-order valence-corrected chi connectivity index (χ3v) is 2.34. The van der Waals surface area contributed by atoms with Gasteiger partial charge in [0.05, 0.1) is 25.5 Å². The lowest BCUT2D eigenvalue weighted by Crippen LogP contribution is -2.23. The first-order valence-corrected chi connectivity index (χ1v) is 5.85. The molecule has 0 heterocycles.